The molecule has 2 aliphatic rings. The molecule has 1 aromatic heterocycles. The van der Waals surface area contributed by atoms with Crippen LogP contribution in [-0.4, -0.2) is 94.8 Å². The first-order chi connectivity index (χ1) is 13.5. The van der Waals surface area contributed by atoms with Gasteiger partial charge < -0.3 is 20.1 Å². The summed E-state index contributed by atoms with van der Waals surface area (Å²) >= 11 is 1.12. The number of sulfonamides is 1. The summed E-state index contributed by atoms with van der Waals surface area (Å²) in [5, 5.41) is 6.69. The number of ether oxygens (including phenoxy) is 2. The van der Waals surface area contributed by atoms with Crippen LogP contribution in [0.4, 0.5) is 0 Å². The monoisotopic (exact) mass is 432 g/mol. The standard InChI is InChI=1S/C16H24N4O6S2/c21-15(17-3-4-19-5-8-25-9-6-19)16(22)18-12-13-20(7-10-26-13)28(23,24)14-2-1-11-27-14/h1-2,11,13H,3-10,12H2,(H,17,21)(H,18,22). The molecule has 1 atom stereocenters. The van der Waals surface area contributed by atoms with Crippen LogP contribution in [0.1, 0.15) is 0 Å². The van der Waals surface area contributed by atoms with Crippen LogP contribution < -0.4 is 10.6 Å². The summed E-state index contributed by atoms with van der Waals surface area (Å²) in [5.74, 6) is -1.56. The Bertz CT molecular complexity index is 764. The Morgan fingerprint density at radius 1 is 1.14 bits per heavy atom. The van der Waals surface area contributed by atoms with Gasteiger partial charge in [0.1, 0.15) is 10.4 Å². The molecule has 10 nitrogen and oxygen atoms in total. The Labute approximate surface area is 167 Å². The van der Waals surface area contributed by atoms with Gasteiger partial charge in [-0.2, -0.15) is 4.31 Å². The third kappa shape index (κ3) is 5.27. The second-order valence-electron chi connectivity index (χ2n) is 6.29. The van der Waals surface area contributed by atoms with Gasteiger partial charge in [0.2, 0.25) is 0 Å². The van der Waals surface area contributed by atoms with E-state index in [9.17, 15) is 18.0 Å². The van der Waals surface area contributed by atoms with Crippen LogP contribution in [0.2, 0.25) is 0 Å². The van der Waals surface area contributed by atoms with E-state index in [-0.39, 0.29) is 23.9 Å². The van der Waals surface area contributed by atoms with Gasteiger partial charge in [-0.25, -0.2) is 8.42 Å². The molecule has 0 spiro atoms. The number of morpholine rings is 1. The smallest absolute Gasteiger partial charge is 0.309 e. The largest absolute Gasteiger partial charge is 0.379 e. The minimum atomic E-state index is -3.68. The highest BCUT2D eigenvalue weighted by atomic mass is 32.2. The molecule has 2 fully saturated rings. The maximum Gasteiger partial charge on any atom is 0.309 e. The summed E-state index contributed by atoms with van der Waals surface area (Å²) in [7, 11) is -3.68. The molecule has 2 saturated heterocycles. The van der Waals surface area contributed by atoms with Crippen LogP contribution in [0.5, 0.6) is 0 Å². The van der Waals surface area contributed by atoms with Crippen molar-refractivity contribution in [1.82, 2.24) is 19.8 Å². The minimum Gasteiger partial charge on any atom is -0.379 e. The van der Waals surface area contributed by atoms with E-state index in [1.54, 1.807) is 11.4 Å². The van der Waals surface area contributed by atoms with Gasteiger partial charge in [0.05, 0.1) is 26.4 Å². The number of amides is 2. The van der Waals surface area contributed by atoms with Gasteiger partial charge in [-0.1, -0.05) is 6.07 Å². The van der Waals surface area contributed by atoms with Gasteiger partial charge >= 0.3 is 11.8 Å². The summed E-state index contributed by atoms with van der Waals surface area (Å²) in [6, 6.07) is 3.18. The molecule has 0 radical (unpaired) electrons. The van der Waals surface area contributed by atoms with Gasteiger partial charge in [-0.05, 0) is 11.4 Å². The molecule has 2 amide bonds. The van der Waals surface area contributed by atoms with Crippen LogP contribution in [0, 0.1) is 0 Å². The number of nitrogens with one attached hydrogen (secondary N) is 2. The van der Waals surface area contributed by atoms with E-state index in [1.807, 2.05) is 0 Å². The average molecular weight is 433 g/mol. The zero-order valence-corrected chi connectivity index (χ0v) is 17.0. The van der Waals surface area contributed by atoms with Crippen LogP contribution in [0.15, 0.2) is 21.7 Å². The lowest BCUT2D eigenvalue weighted by atomic mass is 10.4. The lowest BCUT2D eigenvalue weighted by molar-refractivity contribution is -0.139. The average Bonchev–Trinajstić information content (AvgIpc) is 3.39. The molecule has 1 aromatic rings. The zero-order valence-electron chi connectivity index (χ0n) is 15.3. The van der Waals surface area contributed by atoms with Crippen molar-refractivity contribution in [2.24, 2.45) is 0 Å². The molecule has 2 N–H and O–H groups in total. The fraction of sp³-hybridized carbons (Fsp3) is 0.625. The molecule has 0 bridgehead atoms. The SMILES string of the molecule is O=C(NCCN1CCOCC1)C(=O)NCC1OCCN1S(=O)(=O)c1cccs1. The number of thiophene rings is 1. The molecule has 0 aromatic carbocycles. The molecule has 2 aliphatic heterocycles. The van der Waals surface area contributed by atoms with E-state index in [0.29, 0.717) is 26.3 Å². The van der Waals surface area contributed by atoms with E-state index in [2.05, 4.69) is 15.5 Å². The Hall–Kier alpha value is -1.57. The van der Waals surface area contributed by atoms with E-state index in [1.165, 1.54) is 10.4 Å². The first-order valence-corrected chi connectivity index (χ1v) is 11.3. The summed E-state index contributed by atoms with van der Waals surface area (Å²) < 4.78 is 37.4. The van der Waals surface area contributed by atoms with Gasteiger partial charge in [0.25, 0.3) is 10.0 Å². The van der Waals surface area contributed by atoms with E-state index in [0.717, 1.165) is 24.4 Å². The number of nitrogens with zero attached hydrogens (tertiary/aromatic N) is 2. The van der Waals surface area contributed by atoms with Crippen molar-refractivity contribution in [3.05, 3.63) is 17.5 Å². The molecule has 12 heteroatoms. The fourth-order valence-corrected chi connectivity index (χ4v) is 5.59. The van der Waals surface area contributed by atoms with E-state index < -0.39 is 28.1 Å². The third-order valence-electron chi connectivity index (χ3n) is 4.46. The minimum absolute atomic E-state index is 0.0969. The molecule has 0 aliphatic carbocycles. The normalized spacial score (nSPS) is 21.5. The van der Waals surface area contributed by atoms with Crippen molar-refractivity contribution in [1.29, 1.82) is 0 Å². The maximum atomic E-state index is 12.6. The van der Waals surface area contributed by atoms with E-state index in [4.69, 9.17) is 9.47 Å². The molecule has 3 heterocycles. The highest BCUT2D eigenvalue weighted by Crippen LogP contribution is 2.25. The van der Waals surface area contributed by atoms with Crippen molar-refractivity contribution in [2.75, 3.05) is 59.1 Å². The molecule has 28 heavy (non-hydrogen) atoms. The second-order valence-corrected chi connectivity index (χ2v) is 9.36. The molecule has 156 valence electrons. The highest BCUT2D eigenvalue weighted by Gasteiger charge is 2.37. The molecular weight excluding hydrogens is 408 g/mol. The Balaban J connectivity index is 1.43. The number of rotatable bonds is 7. The van der Waals surface area contributed by atoms with Crippen LogP contribution >= 0.6 is 11.3 Å². The molecule has 3 rings (SSSR count). The number of hydrogen-bond donors (Lipinski definition) is 2. The lowest BCUT2D eigenvalue weighted by Gasteiger charge is -2.26. The Kier molecular flexibility index (Phi) is 7.37. The van der Waals surface area contributed by atoms with Crippen molar-refractivity contribution in [2.45, 2.75) is 10.4 Å². The lowest BCUT2D eigenvalue weighted by Crippen LogP contribution is -2.48. The Morgan fingerprint density at radius 3 is 2.61 bits per heavy atom. The summed E-state index contributed by atoms with van der Waals surface area (Å²) in [6.45, 7) is 4.27. The van der Waals surface area contributed by atoms with Crippen molar-refractivity contribution in [3.8, 4) is 0 Å². The number of carbonyl (C=O) groups is 2. The fourth-order valence-electron chi connectivity index (χ4n) is 2.96. The maximum absolute atomic E-state index is 12.6. The van der Waals surface area contributed by atoms with Crippen LogP contribution in [0.25, 0.3) is 0 Å². The second kappa shape index (κ2) is 9.76. The van der Waals surface area contributed by atoms with Crippen molar-refractivity contribution < 1.29 is 27.5 Å². The number of carbonyl (C=O) groups excluding carboxylic acids is 2. The summed E-state index contributed by atoms with van der Waals surface area (Å²) in [5.41, 5.74) is 0. The van der Waals surface area contributed by atoms with Crippen LogP contribution in [0.3, 0.4) is 0 Å². The number of hydrogen-bond acceptors (Lipinski definition) is 8. The predicted molar refractivity (Wildman–Crippen MR) is 101 cm³/mol. The molecular formula is C16H24N4O6S2. The highest BCUT2D eigenvalue weighted by molar-refractivity contribution is 7.91. The van der Waals surface area contributed by atoms with Gasteiger partial charge in [-0.15, -0.1) is 11.3 Å². The van der Waals surface area contributed by atoms with Gasteiger partial charge in [0, 0.05) is 32.7 Å². The quantitative estimate of drug-likeness (QED) is 0.512. The van der Waals surface area contributed by atoms with E-state index >= 15 is 0 Å². The van der Waals surface area contributed by atoms with Crippen molar-refractivity contribution in [3.63, 3.8) is 0 Å². The van der Waals surface area contributed by atoms with Gasteiger partial charge in [0.15, 0.2) is 0 Å². The zero-order chi connectivity index (χ0) is 20.0. The topological polar surface area (TPSA) is 117 Å². The Morgan fingerprint density at radius 2 is 1.89 bits per heavy atom. The summed E-state index contributed by atoms with van der Waals surface area (Å²) in [6.07, 6.45) is -0.836. The first kappa shape index (κ1) is 21.1. The predicted octanol–water partition coefficient (Wildman–Crippen LogP) is -1.34. The first-order valence-electron chi connectivity index (χ1n) is 9.01. The van der Waals surface area contributed by atoms with Gasteiger partial charge in [-0.3, -0.25) is 14.5 Å². The van der Waals surface area contributed by atoms with Crippen molar-refractivity contribution >= 4 is 33.2 Å². The molecule has 1 unspecified atom stereocenters. The summed E-state index contributed by atoms with van der Waals surface area (Å²) in [4.78, 5) is 26.0. The third-order valence-corrected chi connectivity index (χ3v) is 7.72. The molecule has 0 saturated carbocycles. The van der Waals surface area contributed by atoms with Crippen LogP contribution in [-0.2, 0) is 29.1 Å².